The normalized spacial score (nSPS) is 27.0. The largest absolute Gasteiger partial charge is 0.294 e. The van der Waals surface area contributed by atoms with Crippen LogP contribution in [0.15, 0.2) is 48.6 Å². The van der Waals surface area contributed by atoms with Crippen molar-refractivity contribution < 1.29 is 38.4 Å². The predicted molar refractivity (Wildman–Crippen MR) is 174 cm³/mol. The van der Waals surface area contributed by atoms with Gasteiger partial charge in [0, 0.05) is 0 Å². The number of hydrogen-bond donors (Lipinski definition) is 0. The van der Waals surface area contributed by atoms with Crippen molar-refractivity contribution in [1.29, 1.82) is 0 Å². The zero-order valence-electron chi connectivity index (χ0n) is 27.8. The van der Waals surface area contributed by atoms with E-state index in [9.17, 15) is 38.4 Å². The van der Waals surface area contributed by atoms with Crippen LogP contribution in [0.4, 0.5) is 0 Å². The van der Waals surface area contributed by atoms with Crippen LogP contribution >= 0.6 is 0 Å². The maximum Gasteiger partial charge on any atom is 0.169 e. The molecule has 248 valence electrons. The lowest BCUT2D eigenvalue weighted by atomic mass is 9.66. The summed E-state index contributed by atoms with van der Waals surface area (Å²) in [6.07, 6.45) is 14.1. The highest BCUT2D eigenvalue weighted by Crippen LogP contribution is 2.41. The van der Waals surface area contributed by atoms with Gasteiger partial charge in [0.15, 0.2) is 46.3 Å². The molecule has 0 aliphatic heterocycles. The van der Waals surface area contributed by atoms with Crippen LogP contribution < -0.4 is 0 Å². The summed E-state index contributed by atoms with van der Waals surface area (Å²) in [6.45, 7) is 6.71. The molecule has 0 aromatic rings. The molecule has 0 aromatic heterocycles. The van der Waals surface area contributed by atoms with Gasteiger partial charge in [-0.1, -0.05) is 66.2 Å². The van der Waals surface area contributed by atoms with Crippen LogP contribution in [0.25, 0.3) is 0 Å². The summed E-state index contributed by atoms with van der Waals surface area (Å²) in [5.74, 6) is -4.68. The van der Waals surface area contributed by atoms with Gasteiger partial charge in [-0.3, -0.25) is 38.4 Å². The Morgan fingerprint density at radius 2 is 0.543 bits per heavy atom. The molecule has 8 heteroatoms. The standard InChI is InChI=1S/C38H48O8/c1-5-35(6-2)27(39)15-19-31(43)37(23-11-9-12-24-37)33(45)21-17-29(41)36(7-3,8-4)30(42)18-22-34(46)38(25-13-10-14-26-38)32(44)20-16-28(35)40/h15-22H,5-14,23-26H2,1-4H3/b19-15-,20-16-,21-17-,22-18-. The average molecular weight is 633 g/mol. The van der Waals surface area contributed by atoms with Crippen molar-refractivity contribution in [3.8, 4) is 0 Å². The predicted octanol–water partition coefficient (Wildman–Crippen LogP) is 6.29. The summed E-state index contributed by atoms with van der Waals surface area (Å²) in [5, 5.41) is 0. The van der Waals surface area contributed by atoms with Crippen molar-refractivity contribution in [3.63, 3.8) is 0 Å². The Morgan fingerprint density at radius 3 is 0.739 bits per heavy atom. The summed E-state index contributed by atoms with van der Waals surface area (Å²) in [5.41, 5.74) is -6.00. The van der Waals surface area contributed by atoms with Gasteiger partial charge in [0.05, 0.1) is 21.7 Å². The fourth-order valence-corrected chi connectivity index (χ4v) is 7.56. The Labute approximate surface area is 272 Å². The van der Waals surface area contributed by atoms with E-state index in [1.165, 1.54) is 0 Å². The number of ketones is 8. The molecule has 46 heavy (non-hydrogen) atoms. The molecule has 2 fully saturated rings. The highest BCUT2D eigenvalue weighted by atomic mass is 16.2. The first-order valence-electron chi connectivity index (χ1n) is 16.9. The van der Waals surface area contributed by atoms with E-state index in [0.29, 0.717) is 25.7 Å². The topological polar surface area (TPSA) is 137 Å². The van der Waals surface area contributed by atoms with E-state index < -0.39 is 67.9 Å². The summed E-state index contributed by atoms with van der Waals surface area (Å²) >= 11 is 0. The number of carbonyl (C=O) groups is 8. The molecule has 8 nitrogen and oxygen atoms in total. The lowest BCUT2D eigenvalue weighted by Crippen LogP contribution is -2.42. The van der Waals surface area contributed by atoms with Gasteiger partial charge in [0.25, 0.3) is 0 Å². The van der Waals surface area contributed by atoms with Crippen LogP contribution in [-0.2, 0) is 38.4 Å². The molecule has 0 bridgehead atoms. The molecule has 3 rings (SSSR count). The molecule has 3 aliphatic carbocycles. The average Bonchev–Trinajstić information content (AvgIpc) is 3.08. The molecule has 0 unspecified atom stereocenters. The van der Waals surface area contributed by atoms with Crippen LogP contribution in [-0.4, -0.2) is 46.3 Å². The molecule has 0 N–H and O–H groups in total. The molecule has 0 saturated heterocycles. The van der Waals surface area contributed by atoms with E-state index in [1.54, 1.807) is 27.7 Å². The van der Waals surface area contributed by atoms with Gasteiger partial charge in [-0.05, 0) is 100.0 Å². The molecule has 0 atom stereocenters. The molecule has 0 heterocycles. The van der Waals surface area contributed by atoms with E-state index in [2.05, 4.69) is 0 Å². The third-order valence-electron chi connectivity index (χ3n) is 11.1. The quantitative estimate of drug-likeness (QED) is 0.330. The van der Waals surface area contributed by atoms with E-state index in [0.717, 1.165) is 61.4 Å². The first kappa shape index (κ1) is 36.8. The Bertz CT molecular complexity index is 1190. The first-order chi connectivity index (χ1) is 21.9. The van der Waals surface area contributed by atoms with Gasteiger partial charge in [-0.25, -0.2) is 0 Å². The fraction of sp³-hybridized carbons (Fsp3) is 0.579. The zero-order valence-corrected chi connectivity index (χ0v) is 27.8. The van der Waals surface area contributed by atoms with Crippen molar-refractivity contribution in [3.05, 3.63) is 48.6 Å². The second kappa shape index (κ2) is 15.3. The van der Waals surface area contributed by atoms with Gasteiger partial charge in [-0.2, -0.15) is 0 Å². The van der Waals surface area contributed by atoms with Gasteiger partial charge in [0.2, 0.25) is 0 Å². The maximum absolute atomic E-state index is 13.7. The maximum atomic E-state index is 13.7. The Balaban J connectivity index is 2.20. The van der Waals surface area contributed by atoms with Crippen molar-refractivity contribution >= 4 is 46.3 Å². The minimum atomic E-state index is -1.54. The van der Waals surface area contributed by atoms with Crippen LogP contribution in [0.3, 0.4) is 0 Å². The Morgan fingerprint density at radius 1 is 0.348 bits per heavy atom. The summed E-state index contributed by atoms with van der Waals surface area (Å²) < 4.78 is 0. The molecular formula is C38H48O8. The van der Waals surface area contributed by atoms with Crippen molar-refractivity contribution in [1.82, 2.24) is 0 Å². The highest BCUT2D eigenvalue weighted by molar-refractivity contribution is 6.24. The second-order valence-electron chi connectivity index (χ2n) is 13.1. The lowest BCUT2D eigenvalue weighted by molar-refractivity contribution is -0.139. The first-order valence-corrected chi connectivity index (χ1v) is 16.9. The molecule has 3 aliphatic rings. The van der Waals surface area contributed by atoms with Crippen molar-refractivity contribution in [2.75, 3.05) is 0 Å². The van der Waals surface area contributed by atoms with Crippen LogP contribution in [0, 0.1) is 21.7 Å². The zero-order chi connectivity index (χ0) is 34.2. The molecule has 2 saturated carbocycles. The van der Waals surface area contributed by atoms with Crippen LogP contribution in [0.2, 0.25) is 0 Å². The SMILES string of the molecule is CCC1(CC)C(=O)/C=C\C(=O)C2(CCCCC2)C(=O)/C=C\C(=O)C(CC)(CC)C(=O)/C=C\C(=O)C2(CCCCC2)C(=O)/C=C\C1=O. The number of allylic oxidation sites excluding steroid dienone is 8. The van der Waals surface area contributed by atoms with Crippen molar-refractivity contribution in [2.45, 2.75) is 118 Å². The van der Waals surface area contributed by atoms with E-state index in [-0.39, 0.29) is 51.4 Å². The van der Waals surface area contributed by atoms with E-state index >= 15 is 0 Å². The second-order valence-corrected chi connectivity index (χ2v) is 13.1. The lowest BCUT2D eigenvalue weighted by Gasteiger charge is -2.33. The van der Waals surface area contributed by atoms with Crippen molar-refractivity contribution in [2.24, 2.45) is 21.7 Å². The van der Waals surface area contributed by atoms with Gasteiger partial charge in [0.1, 0.15) is 0 Å². The monoisotopic (exact) mass is 632 g/mol. The number of rotatable bonds is 4. The third-order valence-corrected chi connectivity index (χ3v) is 11.1. The van der Waals surface area contributed by atoms with E-state index in [1.807, 2.05) is 0 Å². The Kier molecular flexibility index (Phi) is 12.2. The highest BCUT2D eigenvalue weighted by Gasteiger charge is 2.47. The molecule has 0 aromatic carbocycles. The minimum Gasteiger partial charge on any atom is -0.294 e. The molecule has 0 radical (unpaired) electrons. The fourth-order valence-electron chi connectivity index (χ4n) is 7.56. The third kappa shape index (κ3) is 6.72. The smallest absolute Gasteiger partial charge is 0.169 e. The molecule has 2 spiro atoms. The molecular weight excluding hydrogens is 584 g/mol. The number of carbonyl (C=O) groups excluding carboxylic acids is 8. The summed E-state index contributed by atoms with van der Waals surface area (Å²) in [7, 11) is 0. The Hall–Kier alpha value is -3.68. The van der Waals surface area contributed by atoms with Gasteiger partial charge in [-0.15, -0.1) is 0 Å². The summed E-state index contributed by atoms with van der Waals surface area (Å²) in [6, 6.07) is 0. The molecule has 0 amide bonds. The minimum absolute atomic E-state index is 0.110. The summed E-state index contributed by atoms with van der Waals surface area (Å²) in [4.78, 5) is 109. The van der Waals surface area contributed by atoms with E-state index in [4.69, 9.17) is 0 Å². The van der Waals surface area contributed by atoms with Gasteiger partial charge >= 0.3 is 0 Å². The van der Waals surface area contributed by atoms with Crippen LogP contribution in [0.5, 0.6) is 0 Å². The number of hydrogen-bond acceptors (Lipinski definition) is 8. The van der Waals surface area contributed by atoms with Gasteiger partial charge < -0.3 is 0 Å². The van der Waals surface area contributed by atoms with Crippen LogP contribution in [0.1, 0.15) is 118 Å².